The topological polar surface area (TPSA) is 86.8 Å². The number of aromatic amines is 1. The van der Waals surface area contributed by atoms with Crippen LogP contribution in [-0.2, 0) is 11.2 Å². The van der Waals surface area contributed by atoms with Gasteiger partial charge in [0.2, 0.25) is 5.91 Å². The monoisotopic (exact) mass is 542 g/mol. The first kappa shape index (κ1) is 26.1. The molecule has 1 aromatic carbocycles. The van der Waals surface area contributed by atoms with Gasteiger partial charge in [-0.2, -0.15) is 0 Å². The quantitative estimate of drug-likeness (QED) is 0.297. The van der Waals surface area contributed by atoms with Crippen molar-refractivity contribution < 1.29 is 13.6 Å². The number of aromatic nitrogens is 4. The first-order valence-corrected chi connectivity index (χ1v) is 13.7. The number of likely N-dealkylation sites (N-methyl/N-ethyl adjacent to an activating group) is 1. The molecule has 3 unspecified atom stereocenters. The molecule has 2 aliphatic carbocycles. The average Bonchev–Trinajstić information content (AvgIpc) is 3.37. The van der Waals surface area contributed by atoms with Gasteiger partial charge in [-0.1, -0.05) is 5.57 Å². The van der Waals surface area contributed by atoms with Crippen molar-refractivity contribution in [2.45, 2.75) is 45.1 Å². The highest BCUT2D eigenvalue weighted by Gasteiger charge is 2.39. The molecule has 0 saturated heterocycles. The number of benzene rings is 1. The van der Waals surface area contributed by atoms with E-state index in [0.717, 1.165) is 35.0 Å². The fourth-order valence-electron chi connectivity index (χ4n) is 6.38. The number of allylic oxidation sites excluding steroid dienone is 2. The molecule has 7 nitrogen and oxygen atoms in total. The minimum Gasteiger partial charge on any atom is -0.368 e. The fourth-order valence-corrected chi connectivity index (χ4v) is 6.38. The molecule has 0 bridgehead atoms. The zero-order chi connectivity index (χ0) is 27.8. The van der Waals surface area contributed by atoms with E-state index >= 15 is 0 Å². The smallest absolute Gasteiger partial charge is 0.240 e. The molecule has 1 saturated carbocycles. The van der Waals surface area contributed by atoms with Crippen LogP contribution in [0.15, 0.2) is 66.5 Å². The summed E-state index contributed by atoms with van der Waals surface area (Å²) in [7, 11) is 1.98. The zero-order valence-corrected chi connectivity index (χ0v) is 22.6. The second-order valence-electron chi connectivity index (χ2n) is 11.1. The summed E-state index contributed by atoms with van der Waals surface area (Å²) < 4.78 is 28.2. The Morgan fingerprint density at radius 2 is 1.95 bits per heavy atom. The first-order chi connectivity index (χ1) is 19.4. The Morgan fingerprint density at radius 3 is 2.73 bits per heavy atom. The lowest BCUT2D eigenvalue weighted by molar-refractivity contribution is -0.122. The van der Waals surface area contributed by atoms with E-state index in [-0.39, 0.29) is 18.9 Å². The molecule has 2 aliphatic rings. The maximum absolute atomic E-state index is 14.1. The SMILES string of the molecule is CC1=C(N(C)CC(=O)NC(Cc2cc(F)cc(F)c2)c2ncncc2-c2cnc3[nH]ccc3c2)C2CCC2CC1. The predicted octanol–water partition coefficient (Wildman–Crippen LogP) is 5.72. The van der Waals surface area contributed by atoms with Gasteiger partial charge in [-0.3, -0.25) is 4.79 Å². The summed E-state index contributed by atoms with van der Waals surface area (Å²) >= 11 is 0. The number of carbonyl (C=O) groups is 1. The molecule has 9 heteroatoms. The van der Waals surface area contributed by atoms with Gasteiger partial charge in [0.15, 0.2) is 0 Å². The van der Waals surface area contributed by atoms with Gasteiger partial charge >= 0.3 is 0 Å². The molecular formula is C31H32F2N6O. The highest BCUT2D eigenvalue weighted by atomic mass is 19.1. The minimum atomic E-state index is -0.667. The van der Waals surface area contributed by atoms with Crippen LogP contribution in [0, 0.1) is 23.5 Å². The summed E-state index contributed by atoms with van der Waals surface area (Å²) in [5.41, 5.74) is 5.85. The molecule has 206 valence electrons. The number of hydrogen-bond acceptors (Lipinski definition) is 5. The number of hydrogen-bond donors (Lipinski definition) is 2. The van der Waals surface area contributed by atoms with Crippen molar-refractivity contribution in [2.24, 2.45) is 11.8 Å². The number of nitrogens with one attached hydrogen (secondary N) is 2. The Balaban J connectivity index is 1.31. The number of nitrogens with zero attached hydrogens (tertiary/aromatic N) is 4. The summed E-state index contributed by atoms with van der Waals surface area (Å²) in [6.07, 6.45) is 11.5. The number of pyridine rings is 1. The van der Waals surface area contributed by atoms with Gasteiger partial charge in [-0.25, -0.2) is 23.7 Å². The first-order valence-electron chi connectivity index (χ1n) is 13.7. The van der Waals surface area contributed by atoms with Crippen LogP contribution in [-0.4, -0.2) is 44.3 Å². The van der Waals surface area contributed by atoms with Gasteiger partial charge in [0.05, 0.1) is 18.3 Å². The van der Waals surface area contributed by atoms with E-state index in [4.69, 9.17) is 0 Å². The normalized spacial score (nSPS) is 19.2. The molecule has 1 amide bonds. The molecule has 4 aromatic rings. The van der Waals surface area contributed by atoms with Crippen LogP contribution >= 0.6 is 0 Å². The lowest BCUT2D eigenvalue weighted by atomic mass is 9.65. The summed E-state index contributed by atoms with van der Waals surface area (Å²) in [4.78, 5) is 32.0. The van der Waals surface area contributed by atoms with Gasteiger partial charge < -0.3 is 15.2 Å². The fraction of sp³-hybridized carbons (Fsp3) is 0.355. The summed E-state index contributed by atoms with van der Waals surface area (Å²) in [5, 5.41) is 4.05. The number of rotatable bonds is 8. The molecule has 3 atom stereocenters. The van der Waals surface area contributed by atoms with Crippen molar-refractivity contribution >= 4 is 16.9 Å². The number of fused-ring (bicyclic) bond motifs is 2. The number of halogens is 2. The Kier molecular flexibility index (Phi) is 7.04. The highest BCUT2D eigenvalue weighted by molar-refractivity contribution is 5.82. The maximum Gasteiger partial charge on any atom is 0.240 e. The van der Waals surface area contributed by atoms with Gasteiger partial charge in [0.25, 0.3) is 0 Å². The molecule has 0 aliphatic heterocycles. The van der Waals surface area contributed by atoms with E-state index in [1.54, 1.807) is 12.4 Å². The average molecular weight is 543 g/mol. The third-order valence-corrected chi connectivity index (χ3v) is 8.37. The molecular weight excluding hydrogens is 510 g/mol. The van der Waals surface area contributed by atoms with Crippen LogP contribution in [0.4, 0.5) is 8.78 Å². The molecule has 6 rings (SSSR count). The van der Waals surface area contributed by atoms with Gasteiger partial charge in [0.1, 0.15) is 23.6 Å². The van der Waals surface area contributed by atoms with E-state index in [1.165, 1.54) is 49.0 Å². The van der Waals surface area contributed by atoms with E-state index in [1.807, 2.05) is 25.4 Å². The Bertz CT molecular complexity index is 1580. The highest BCUT2D eigenvalue weighted by Crippen LogP contribution is 2.48. The Labute approximate surface area is 231 Å². The molecule has 3 aromatic heterocycles. The maximum atomic E-state index is 14.1. The molecule has 1 fully saturated rings. The van der Waals surface area contributed by atoms with Crippen molar-refractivity contribution in [1.29, 1.82) is 0 Å². The third-order valence-electron chi connectivity index (χ3n) is 8.37. The van der Waals surface area contributed by atoms with Gasteiger partial charge in [-0.05, 0) is 74.8 Å². The molecule has 0 spiro atoms. The van der Waals surface area contributed by atoms with Crippen molar-refractivity contribution in [3.63, 3.8) is 0 Å². The molecule has 2 N–H and O–H groups in total. The summed E-state index contributed by atoms with van der Waals surface area (Å²) in [6.45, 7) is 2.35. The van der Waals surface area contributed by atoms with Crippen LogP contribution in [0.2, 0.25) is 0 Å². The van der Waals surface area contributed by atoms with Crippen molar-refractivity contribution in [1.82, 2.24) is 30.2 Å². The zero-order valence-electron chi connectivity index (χ0n) is 22.6. The Hall–Kier alpha value is -4.14. The minimum absolute atomic E-state index is 0.153. The number of carbonyl (C=O) groups excluding carboxylic acids is 1. The van der Waals surface area contributed by atoms with E-state index in [9.17, 15) is 13.6 Å². The van der Waals surface area contributed by atoms with Crippen molar-refractivity contribution in [3.8, 4) is 11.1 Å². The predicted molar refractivity (Wildman–Crippen MR) is 149 cm³/mol. The van der Waals surface area contributed by atoms with Gasteiger partial charge in [-0.15, -0.1) is 0 Å². The lowest BCUT2D eigenvalue weighted by Crippen LogP contribution is -2.43. The second kappa shape index (κ2) is 10.8. The van der Waals surface area contributed by atoms with Crippen LogP contribution in [0.3, 0.4) is 0 Å². The second-order valence-corrected chi connectivity index (χ2v) is 11.1. The van der Waals surface area contributed by atoms with Crippen LogP contribution < -0.4 is 5.32 Å². The van der Waals surface area contributed by atoms with E-state index in [2.05, 4.69) is 37.1 Å². The molecule has 0 radical (unpaired) electrons. The third kappa shape index (κ3) is 5.20. The Morgan fingerprint density at radius 1 is 1.12 bits per heavy atom. The lowest BCUT2D eigenvalue weighted by Gasteiger charge is -2.46. The number of H-pyrrole nitrogens is 1. The van der Waals surface area contributed by atoms with Crippen LogP contribution in [0.1, 0.15) is 49.9 Å². The summed E-state index contributed by atoms with van der Waals surface area (Å²) in [6, 6.07) is 6.66. The molecule has 3 heterocycles. The molecule has 40 heavy (non-hydrogen) atoms. The van der Waals surface area contributed by atoms with E-state index in [0.29, 0.717) is 22.7 Å². The number of amides is 1. The summed E-state index contributed by atoms with van der Waals surface area (Å²) in [5.74, 6) is -0.273. The van der Waals surface area contributed by atoms with Crippen LogP contribution in [0.5, 0.6) is 0 Å². The van der Waals surface area contributed by atoms with Crippen LogP contribution in [0.25, 0.3) is 22.2 Å². The van der Waals surface area contributed by atoms with Crippen molar-refractivity contribution in [2.75, 3.05) is 13.6 Å². The largest absolute Gasteiger partial charge is 0.368 e. The van der Waals surface area contributed by atoms with Gasteiger partial charge in [0, 0.05) is 59.8 Å². The van der Waals surface area contributed by atoms with Crippen molar-refractivity contribution in [3.05, 3.63) is 89.4 Å². The van der Waals surface area contributed by atoms with E-state index < -0.39 is 17.7 Å². The standard InChI is InChI=1S/C31H32F2N6O/c1-18-3-4-20-5-6-25(20)30(18)39(2)16-28(40)38-27(11-19-9-23(32)13-24(33)10-19)29-26(15-34-17-37-29)22-12-21-7-8-35-31(21)36-14-22/h7-10,12-15,17,20,25,27H,3-6,11,16H2,1-2H3,(H,35,36)(H,38,40).